The van der Waals surface area contributed by atoms with Crippen LogP contribution in [-0.2, 0) is 16.4 Å². The fourth-order valence-electron chi connectivity index (χ4n) is 3.04. The number of benzene rings is 2. The van der Waals surface area contributed by atoms with Crippen molar-refractivity contribution in [1.29, 1.82) is 0 Å². The number of nitrogens with one attached hydrogen (secondary N) is 1. The molecule has 1 aliphatic rings. The van der Waals surface area contributed by atoms with E-state index in [0.29, 0.717) is 17.9 Å². The topological polar surface area (TPSA) is 81.7 Å². The molecular formula is C21H23NO5S. The number of carbonyl (C=O) groups is 1. The third kappa shape index (κ3) is 4.92. The smallest absolute Gasteiger partial charge is 0.229 e. The first-order chi connectivity index (χ1) is 13.2. The van der Waals surface area contributed by atoms with Gasteiger partial charge < -0.3 is 9.47 Å². The summed E-state index contributed by atoms with van der Waals surface area (Å²) >= 11 is 0. The molecule has 1 atom stereocenters. The van der Waals surface area contributed by atoms with Crippen molar-refractivity contribution in [3.63, 3.8) is 0 Å². The van der Waals surface area contributed by atoms with Crippen LogP contribution < -0.4 is 14.2 Å². The fraction of sp³-hybridized carbons (Fsp3) is 0.286. The van der Waals surface area contributed by atoms with Gasteiger partial charge >= 0.3 is 0 Å². The summed E-state index contributed by atoms with van der Waals surface area (Å²) in [4.78, 5) is 12.5. The molecule has 0 bridgehead atoms. The lowest BCUT2D eigenvalue weighted by atomic mass is 10.0. The highest BCUT2D eigenvalue weighted by Gasteiger charge is 2.21. The number of carbonyl (C=O) groups excluding carboxylic acids is 1. The van der Waals surface area contributed by atoms with Crippen molar-refractivity contribution >= 4 is 27.6 Å². The second-order valence-corrected chi connectivity index (χ2v) is 8.46. The van der Waals surface area contributed by atoms with Gasteiger partial charge in [-0.3, -0.25) is 9.52 Å². The molecule has 1 unspecified atom stereocenters. The van der Waals surface area contributed by atoms with Gasteiger partial charge in [0.1, 0.15) is 17.6 Å². The minimum Gasteiger partial charge on any atom is -0.493 e. The largest absolute Gasteiger partial charge is 0.493 e. The second-order valence-electron chi connectivity index (χ2n) is 6.71. The van der Waals surface area contributed by atoms with Crippen molar-refractivity contribution in [2.45, 2.75) is 26.4 Å². The van der Waals surface area contributed by atoms with E-state index >= 15 is 0 Å². The zero-order valence-corrected chi connectivity index (χ0v) is 16.9. The van der Waals surface area contributed by atoms with Crippen LogP contribution >= 0.6 is 0 Å². The molecule has 0 saturated carbocycles. The van der Waals surface area contributed by atoms with Crippen LogP contribution in [0.1, 0.15) is 35.3 Å². The van der Waals surface area contributed by atoms with Crippen molar-refractivity contribution in [3.8, 4) is 11.5 Å². The first-order valence-electron chi connectivity index (χ1n) is 9.02. The maximum atomic E-state index is 12.5. The van der Waals surface area contributed by atoms with Gasteiger partial charge in [0, 0.05) is 28.8 Å². The molecule has 0 radical (unpaired) electrons. The van der Waals surface area contributed by atoms with Gasteiger partial charge in [0.25, 0.3) is 0 Å². The average molecular weight is 401 g/mol. The van der Waals surface area contributed by atoms with Crippen LogP contribution in [0.3, 0.4) is 0 Å². The van der Waals surface area contributed by atoms with Crippen molar-refractivity contribution in [2.75, 3.05) is 17.6 Å². The Balaban J connectivity index is 1.79. The van der Waals surface area contributed by atoms with E-state index in [9.17, 15) is 13.2 Å². The SMILES string of the molecule is CCOc1cc2c(cc1/C=C/C(=O)c1ccc(NS(C)(=O)=O)cc1)OC(C)C2. The van der Waals surface area contributed by atoms with Crippen LogP contribution in [0.25, 0.3) is 6.08 Å². The van der Waals surface area contributed by atoms with Gasteiger partial charge in [0.2, 0.25) is 10.0 Å². The summed E-state index contributed by atoms with van der Waals surface area (Å²) in [5.41, 5.74) is 2.75. The number of ketones is 1. The molecule has 0 spiro atoms. The summed E-state index contributed by atoms with van der Waals surface area (Å²) in [6.45, 7) is 4.46. The van der Waals surface area contributed by atoms with Crippen molar-refractivity contribution in [3.05, 3.63) is 59.2 Å². The lowest BCUT2D eigenvalue weighted by Crippen LogP contribution is -2.09. The van der Waals surface area contributed by atoms with E-state index in [0.717, 1.165) is 35.3 Å². The Morgan fingerprint density at radius 2 is 2.00 bits per heavy atom. The summed E-state index contributed by atoms with van der Waals surface area (Å²) in [5, 5.41) is 0. The van der Waals surface area contributed by atoms with Crippen LogP contribution in [0.15, 0.2) is 42.5 Å². The fourth-order valence-corrected chi connectivity index (χ4v) is 3.61. The van der Waals surface area contributed by atoms with Gasteiger partial charge in [-0.2, -0.15) is 0 Å². The molecule has 0 saturated heterocycles. The molecule has 0 amide bonds. The predicted octanol–water partition coefficient (Wildman–Crippen LogP) is 3.68. The molecule has 28 heavy (non-hydrogen) atoms. The van der Waals surface area contributed by atoms with Crippen LogP contribution in [0.4, 0.5) is 5.69 Å². The Hall–Kier alpha value is -2.80. The van der Waals surface area contributed by atoms with Crippen LogP contribution in [0.5, 0.6) is 11.5 Å². The number of anilines is 1. The normalized spacial score (nSPS) is 15.9. The Labute approximate surface area is 165 Å². The molecular weight excluding hydrogens is 378 g/mol. The third-order valence-electron chi connectivity index (χ3n) is 4.22. The second kappa shape index (κ2) is 8.06. The van der Waals surface area contributed by atoms with Crippen LogP contribution in [-0.4, -0.2) is 33.2 Å². The Kier molecular flexibility index (Phi) is 5.74. The van der Waals surface area contributed by atoms with E-state index in [1.165, 1.54) is 6.08 Å². The quantitative estimate of drug-likeness (QED) is 0.565. The van der Waals surface area contributed by atoms with Gasteiger partial charge in [-0.15, -0.1) is 0 Å². The molecule has 0 aromatic heterocycles. The van der Waals surface area contributed by atoms with E-state index in [-0.39, 0.29) is 11.9 Å². The molecule has 148 valence electrons. The molecule has 1 N–H and O–H groups in total. The molecule has 1 heterocycles. The molecule has 2 aromatic rings. The van der Waals surface area contributed by atoms with E-state index in [1.807, 2.05) is 26.0 Å². The number of fused-ring (bicyclic) bond motifs is 1. The molecule has 2 aromatic carbocycles. The lowest BCUT2D eigenvalue weighted by molar-refractivity contribution is 0.104. The van der Waals surface area contributed by atoms with E-state index in [2.05, 4.69) is 4.72 Å². The Morgan fingerprint density at radius 3 is 2.64 bits per heavy atom. The minimum atomic E-state index is -3.35. The zero-order valence-electron chi connectivity index (χ0n) is 16.1. The summed E-state index contributed by atoms with van der Waals surface area (Å²) in [6.07, 6.45) is 5.23. The summed E-state index contributed by atoms with van der Waals surface area (Å²) < 4.78 is 36.4. The first-order valence-corrected chi connectivity index (χ1v) is 10.9. The molecule has 7 heteroatoms. The van der Waals surface area contributed by atoms with Crippen molar-refractivity contribution in [2.24, 2.45) is 0 Å². The Bertz CT molecular complexity index is 1010. The lowest BCUT2D eigenvalue weighted by Gasteiger charge is -2.10. The summed E-state index contributed by atoms with van der Waals surface area (Å²) in [5.74, 6) is 1.35. The monoisotopic (exact) mass is 401 g/mol. The Morgan fingerprint density at radius 1 is 1.29 bits per heavy atom. The number of sulfonamides is 1. The first kappa shape index (κ1) is 19.9. The van der Waals surface area contributed by atoms with Crippen molar-refractivity contribution < 1.29 is 22.7 Å². The maximum Gasteiger partial charge on any atom is 0.229 e. The predicted molar refractivity (Wildman–Crippen MR) is 110 cm³/mol. The number of rotatable bonds is 7. The van der Waals surface area contributed by atoms with Gasteiger partial charge in [-0.1, -0.05) is 0 Å². The molecule has 0 aliphatic carbocycles. The molecule has 3 rings (SSSR count). The third-order valence-corrected chi connectivity index (χ3v) is 4.82. The van der Waals surface area contributed by atoms with Gasteiger partial charge in [0.15, 0.2) is 5.78 Å². The van der Waals surface area contributed by atoms with E-state index in [1.54, 1.807) is 30.3 Å². The minimum absolute atomic E-state index is 0.129. The average Bonchev–Trinajstić information content (AvgIpc) is 2.98. The number of allylic oxidation sites excluding steroid dienone is 1. The zero-order chi connectivity index (χ0) is 20.3. The standard InChI is InChI=1S/C21H23NO5S/c1-4-26-20-13-17-11-14(2)27-21(17)12-16(20)7-10-19(23)15-5-8-18(9-6-15)22-28(3,24)25/h5-10,12-14,22H,4,11H2,1-3H3/b10-7+. The molecule has 6 nitrogen and oxygen atoms in total. The highest BCUT2D eigenvalue weighted by Crippen LogP contribution is 2.35. The summed E-state index contributed by atoms with van der Waals surface area (Å²) in [6, 6.07) is 10.1. The van der Waals surface area contributed by atoms with E-state index in [4.69, 9.17) is 9.47 Å². The van der Waals surface area contributed by atoms with Crippen molar-refractivity contribution in [1.82, 2.24) is 0 Å². The van der Waals surface area contributed by atoms with Gasteiger partial charge in [-0.25, -0.2) is 8.42 Å². The molecule has 1 aliphatic heterocycles. The van der Waals surface area contributed by atoms with Crippen LogP contribution in [0.2, 0.25) is 0 Å². The number of hydrogen-bond donors (Lipinski definition) is 1. The van der Waals surface area contributed by atoms with Crippen LogP contribution in [0, 0.1) is 0 Å². The molecule has 0 fully saturated rings. The summed E-state index contributed by atoms with van der Waals surface area (Å²) in [7, 11) is -3.35. The number of hydrogen-bond acceptors (Lipinski definition) is 5. The van der Waals surface area contributed by atoms with Gasteiger partial charge in [0.05, 0.1) is 12.9 Å². The highest BCUT2D eigenvalue weighted by molar-refractivity contribution is 7.92. The highest BCUT2D eigenvalue weighted by atomic mass is 32.2. The van der Waals surface area contributed by atoms with Gasteiger partial charge in [-0.05, 0) is 62.4 Å². The maximum absolute atomic E-state index is 12.5. The van der Waals surface area contributed by atoms with E-state index < -0.39 is 10.0 Å². The number of ether oxygens (including phenoxy) is 2.